The summed E-state index contributed by atoms with van der Waals surface area (Å²) in [6, 6.07) is 0. The highest BCUT2D eigenvalue weighted by Crippen LogP contribution is 2.50. The van der Waals surface area contributed by atoms with Crippen molar-refractivity contribution in [2.45, 2.75) is 11.5 Å². The molecule has 1 aliphatic heterocycles. The molecule has 5 heteroatoms. The fourth-order valence-electron chi connectivity index (χ4n) is 1.28. The molecule has 2 aliphatic rings. The van der Waals surface area contributed by atoms with Gasteiger partial charge in [-0.2, -0.15) is 0 Å². The Morgan fingerprint density at radius 3 is 2.92 bits per heavy atom. The molecule has 1 fully saturated rings. The van der Waals surface area contributed by atoms with E-state index >= 15 is 0 Å². The zero-order chi connectivity index (χ0) is 8.98. The largest absolute Gasteiger partial charge is 0.508 e. The Bertz CT molecular complexity index is 298. The average Bonchev–Trinajstić information content (AvgIpc) is 2.51. The summed E-state index contributed by atoms with van der Waals surface area (Å²) in [5.74, 6) is -1.55. The van der Waals surface area contributed by atoms with Crippen molar-refractivity contribution in [1.82, 2.24) is 0 Å². The minimum absolute atomic E-state index is 0.0727. The second-order valence-electron chi connectivity index (χ2n) is 2.82. The molecule has 4 N–H and O–H groups in total. The maximum absolute atomic E-state index is 9.59. The van der Waals surface area contributed by atoms with Crippen LogP contribution in [0, 0.1) is 0 Å². The minimum Gasteiger partial charge on any atom is -0.508 e. The van der Waals surface area contributed by atoms with Crippen molar-refractivity contribution in [2.24, 2.45) is 5.73 Å². The van der Waals surface area contributed by atoms with Crippen molar-refractivity contribution in [2.75, 3.05) is 7.11 Å². The van der Waals surface area contributed by atoms with Crippen LogP contribution >= 0.6 is 0 Å². The van der Waals surface area contributed by atoms with E-state index in [4.69, 9.17) is 20.3 Å². The van der Waals surface area contributed by atoms with Gasteiger partial charge in [-0.3, -0.25) is 5.73 Å². The third-order valence-electron chi connectivity index (χ3n) is 2.00. The Morgan fingerprint density at radius 2 is 2.33 bits per heavy atom. The fraction of sp³-hybridized carbons (Fsp3) is 0.429. The summed E-state index contributed by atoms with van der Waals surface area (Å²) in [4.78, 5) is 0. The van der Waals surface area contributed by atoms with E-state index in [1.54, 1.807) is 0 Å². The standard InChI is InChI=1S/C7H9NO4/c1-11-5-2-4(9)3-6(8)7(5,10)12-6/h2-3,9-10H,8H2,1H3. The molecular formula is C7H9NO4. The molecule has 5 nitrogen and oxygen atoms in total. The molecule has 0 bridgehead atoms. The number of hydrogen-bond donors (Lipinski definition) is 3. The molecule has 0 radical (unpaired) electrons. The van der Waals surface area contributed by atoms with E-state index < -0.39 is 11.5 Å². The van der Waals surface area contributed by atoms with Gasteiger partial charge >= 0.3 is 0 Å². The van der Waals surface area contributed by atoms with E-state index in [9.17, 15) is 5.11 Å². The van der Waals surface area contributed by atoms with Crippen molar-refractivity contribution in [3.8, 4) is 0 Å². The molecule has 0 amide bonds. The van der Waals surface area contributed by atoms with Crippen LogP contribution in [-0.2, 0) is 9.47 Å². The Labute approximate surface area is 68.7 Å². The summed E-state index contributed by atoms with van der Waals surface area (Å²) in [5.41, 5.74) is 4.19. The number of fused-ring (bicyclic) bond motifs is 1. The zero-order valence-electron chi connectivity index (χ0n) is 6.44. The molecule has 0 saturated carbocycles. The second kappa shape index (κ2) is 1.82. The Balaban J connectivity index is 2.42. The van der Waals surface area contributed by atoms with Gasteiger partial charge in [-0.15, -0.1) is 0 Å². The quantitative estimate of drug-likeness (QED) is 0.456. The molecule has 66 valence electrons. The van der Waals surface area contributed by atoms with Crippen molar-refractivity contribution >= 4 is 0 Å². The van der Waals surface area contributed by atoms with Crippen molar-refractivity contribution in [3.05, 3.63) is 23.7 Å². The van der Waals surface area contributed by atoms with Crippen LogP contribution in [-0.4, -0.2) is 28.8 Å². The number of hydrogen-bond acceptors (Lipinski definition) is 5. The highest BCUT2D eigenvalue weighted by molar-refractivity contribution is 5.39. The predicted octanol–water partition coefficient (Wildman–Crippen LogP) is -0.654. The van der Waals surface area contributed by atoms with E-state index in [0.29, 0.717) is 0 Å². The summed E-state index contributed by atoms with van der Waals surface area (Å²) in [7, 11) is 1.37. The molecule has 1 aliphatic carbocycles. The Kier molecular flexibility index (Phi) is 1.15. The van der Waals surface area contributed by atoms with Gasteiger partial charge in [-0.05, 0) is 0 Å². The van der Waals surface area contributed by atoms with Gasteiger partial charge in [-0.1, -0.05) is 0 Å². The van der Waals surface area contributed by atoms with Crippen LogP contribution in [0.15, 0.2) is 23.7 Å². The van der Waals surface area contributed by atoms with Crippen LogP contribution in [0.4, 0.5) is 0 Å². The first kappa shape index (κ1) is 7.60. The van der Waals surface area contributed by atoms with Gasteiger partial charge in [0, 0.05) is 12.2 Å². The number of rotatable bonds is 1. The number of aliphatic hydroxyl groups excluding tert-OH is 1. The Hall–Kier alpha value is -1.04. The summed E-state index contributed by atoms with van der Waals surface area (Å²) >= 11 is 0. The molecular weight excluding hydrogens is 162 g/mol. The molecule has 0 aromatic heterocycles. The first-order chi connectivity index (χ1) is 5.52. The molecule has 2 atom stereocenters. The van der Waals surface area contributed by atoms with Crippen LogP contribution in [0.25, 0.3) is 0 Å². The highest BCUT2D eigenvalue weighted by Gasteiger charge is 2.72. The molecule has 0 spiro atoms. The SMILES string of the molecule is COC1=CC(O)=CC2(N)OC12O. The van der Waals surface area contributed by atoms with Crippen LogP contribution in [0.1, 0.15) is 0 Å². The average molecular weight is 171 g/mol. The molecule has 12 heavy (non-hydrogen) atoms. The van der Waals surface area contributed by atoms with Gasteiger partial charge in [-0.25, -0.2) is 0 Å². The lowest BCUT2D eigenvalue weighted by molar-refractivity contribution is 0.0198. The van der Waals surface area contributed by atoms with E-state index in [2.05, 4.69) is 0 Å². The first-order valence-corrected chi connectivity index (χ1v) is 3.41. The minimum atomic E-state index is -1.59. The van der Waals surface area contributed by atoms with E-state index in [1.165, 1.54) is 19.3 Å². The monoisotopic (exact) mass is 171 g/mol. The van der Waals surface area contributed by atoms with Crippen LogP contribution in [0.2, 0.25) is 0 Å². The van der Waals surface area contributed by atoms with Gasteiger partial charge < -0.3 is 19.7 Å². The third kappa shape index (κ3) is 0.677. The number of epoxide rings is 1. The van der Waals surface area contributed by atoms with Crippen LogP contribution in [0.3, 0.4) is 0 Å². The predicted molar refractivity (Wildman–Crippen MR) is 38.8 cm³/mol. The normalized spacial score (nSPS) is 44.2. The lowest BCUT2D eigenvalue weighted by atomic mass is 10.0. The molecule has 2 rings (SSSR count). The summed E-state index contributed by atoms with van der Waals surface area (Å²) in [6.07, 6.45) is 2.49. The second-order valence-corrected chi connectivity index (χ2v) is 2.82. The maximum atomic E-state index is 9.59. The molecule has 1 saturated heterocycles. The van der Waals surface area contributed by atoms with E-state index in [1.807, 2.05) is 0 Å². The van der Waals surface area contributed by atoms with Crippen LogP contribution in [0.5, 0.6) is 0 Å². The molecule has 2 unspecified atom stereocenters. The lowest BCUT2D eigenvalue weighted by Crippen LogP contribution is -2.37. The third-order valence-corrected chi connectivity index (χ3v) is 2.00. The number of allylic oxidation sites excluding steroid dienone is 1. The van der Waals surface area contributed by atoms with Crippen molar-refractivity contribution in [1.29, 1.82) is 0 Å². The summed E-state index contributed by atoms with van der Waals surface area (Å²) in [6.45, 7) is 0. The first-order valence-electron chi connectivity index (χ1n) is 3.41. The van der Waals surface area contributed by atoms with Crippen molar-refractivity contribution in [3.63, 3.8) is 0 Å². The van der Waals surface area contributed by atoms with Gasteiger partial charge in [0.2, 0.25) is 5.72 Å². The maximum Gasteiger partial charge on any atom is 0.275 e. The van der Waals surface area contributed by atoms with Crippen LogP contribution < -0.4 is 5.73 Å². The molecule has 0 aromatic carbocycles. The summed E-state index contributed by atoms with van der Waals surface area (Å²) in [5, 5.41) is 18.7. The fourth-order valence-corrected chi connectivity index (χ4v) is 1.28. The number of aliphatic hydroxyl groups is 2. The van der Waals surface area contributed by atoms with Gasteiger partial charge in [0.25, 0.3) is 5.79 Å². The van der Waals surface area contributed by atoms with Gasteiger partial charge in [0.1, 0.15) is 5.76 Å². The van der Waals surface area contributed by atoms with E-state index in [-0.39, 0.29) is 11.5 Å². The van der Waals surface area contributed by atoms with Crippen molar-refractivity contribution < 1.29 is 19.7 Å². The van der Waals surface area contributed by atoms with Gasteiger partial charge in [0.15, 0.2) is 5.76 Å². The Morgan fingerprint density at radius 1 is 1.67 bits per heavy atom. The van der Waals surface area contributed by atoms with Gasteiger partial charge in [0.05, 0.1) is 7.11 Å². The topological polar surface area (TPSA) is 88.2 Å². The smallest absolute Gasteiger partial charge is 0.275 e. The number of methoxy groups -OCH3 is 1. The molecule has 1 heterocycles. The number of nitrogens with two attached hydrogens (primary N) is 1. The summed E-state index contributed by atoms with van der Waals surface area (Å²) < 4.78 is 9.62. The highest BCUT2D eigenvalue weighted by atomic mass is 16.8. The zero-order valence-corrected chi connectivity index (χ0v) is 6.44. The lowest BCUT2D eigenvalue weighted by Gasteiger charge is -2.15. The molecule has 0 aromatic rings. The number of ether oxygens (including phenoxy) is 2. The van der Waals surface area contributed by atoms with E-state index in [0.717, 1.165) is 0 Å².